The number of allylic oxidation sites excluding steroid dienone is 5. The van der Waals surface area contributed by atoms with Gasteiger partial charge in [-0.15, -0.1) is 0 Å². The molecule has 0 heterocycles. The number of unbranched alkanes of at least 4 members (excludes halogenated alkanes) is 40. The highest BCUT2D eigenvalue weighted by Crippen LogP contribution is 2.17. The second kappa shape index (κ2) is 56.7. The van der Waals surface area contributed by atoms with Gasteiger partial charge in [0.25, 0.3) is 0 Å². The fraction of sp³-hybridized carbons (Fsp3) is 0.869. The third-order valence-corrected chi connectivity index (χ3v) is 13.6. The van der Waals surface area contributed by atoms with E-state index in [1.165, 1.54) is 218 Å². The number of hydrogen-bond donors (Lipinski definition) is 3. The average molecular weight is 943 g/mol. The van der Waals surface area contributed by atoms with Crippen LogP contribution in [0.1, 0.15) is 316 Å². The van der Waals surface area contributed by atoms with E-state index in [1.807, 2.05) is 6.08 Å². The molecule has 0 saturated heterocycles. The molecule has 0 aliphatic carbocycles. The van der Waals surface area contributed by atoms with Crippen molar-refractivity contribution < 1.29 is 24.5 Å². The molecule has 0 saturated carbocycles. The summed E-state index contributed by atoms with van der Waals surface area (Å²) in [5.41, 5.74) is 0. The summed E-state index contributed by atoms with van der Waals surface area (Å²) in [4.78, 5) is 24.5. The Kier molecular flexibility index (Phi) is 55.0. The lowest BCUT2D eigenvalue weighted by atomic mass is 10.0. The lowest BCUT2D eigenvalue weighted by Crippen LogP contribution is -2.45. The number of rotatable bonds is 55. The van der Waals surface area contributed by atoms with Crippen LogP contribution in [0.3, 0.4) is 0 Å². The Labute approximate surface area is 417 Å². The molecule has 67 heavy (non-hydrogen) atoms. The van der Waals surface area contributed by atoms with Crippen LogP contribution in [0.25, 0.3) is 0 Å². The van der Waals surface area contributed by atoms with E-state index in [0.29, 0.717) is 19.4 Å². The molecule has 6 heteroatoms. The minimum absolute atomic E-state index is 0.0218. The van der Waals surface area contributed by atoms with E-state index < -0.39 is 12.1 Å². The normalized spacial score (nSPS) is 12.8. The molecule has 0 spiro atoms. The van der Waals surface area contributed by atoms with Crippen LogP contribution in [0.15, 0.2) is 36.5 Å². The van der Waals surface area contributed by atoms with Crippen molar-refractivity contribution in [1.29, 1.82) is 0 Å². The zero-order valence-corrected chi connectivity index (χ0v) is 44.9. The monoisotopic (exact) mass is 942 g/mol. The lowest BCUT2D eigenvalue weighted by molar-refractivity contribution is -0.143. The number of carbonyl (C=O) groups excluding carboxylic acids is 2. The quantitative estimate of drug-likeness (QED) is 0.0321. The molecular weight excluding hydrogens is 827 g/mol. The molecule has 0 aliphatic rings. The van der Waals surface area contributed by atoms with Crippen LogP contribution in [-0.2, 0) is 14.3 Å². The van der Waals surface area contributed by atoms with Gasteiger partial charge in [-0.2, -0.15) is 0 Å². The number of aliphatic hydroxyl groups excluding tert-OH is 2. The summed E-state index contributed by atoms with van der Waals surface area (Å²) < 4.78 is 5.45. The first-order chi connectivity index (χ1) is 33.0. The smallest absolute Gasteiger partial charge is 0.305 e. The van der Waals surface area contributed by atoms with Crippen LogP contribution < -0.4 is 5.32 Å². The summed E-state index contributed by atoms with van der Waals surface area (Å²) in [5.74, 6) is -0.101. The zero-order chi connectivity index (χ0) is 48.6. The van der Waals surface area contributed by atoms with Gasteiger partial charge in [0.15, 0.2) is 0 Å². The summed E-state index contributed by atoms with van der Waals surface area (Å²) in [6.07, 6.45) is 70.3. The van der Waals surface area contributed by atoms with Gasteiger partial charge in [-0.3, -0.25) is 9.59 Å². The standard InChI is InChI=1S/C61H115NO5/c1-3-5-7-9-11-13-15-17-18-19-20-21-22-23-24-25-26-27-30-33-37-41-45-49-53-59(64)58(57-63)62-60(65)54-50-46-42-38-34-31-28-32-36-40-44-48-52-56-67-61(66)55-51-47-43-39-35-29-16-14-12-10-8-6-4-2/h8,10,14,16,49,53,58-59,63-64H,3-7,9,11-13,15,17-48,50-52,54-57H2,1-2H3,(H,62,65)/b10-8-,16-14-,53-49+. The molecule has 1 amide bonds. The van der Waals surface area contributed by atoms with Crippen LogP contribution in [0.5, 0.6) is 0 Å². The Balaban J connectivity index is 3.49. The van der Waals surface area contributed by atoms with Gasteiger partial charge in [0.05, 0.1) is 25.4 Å². The highest BCUT2D eigenvalue weighted by Gasteiger charge is 2.18. The number of esters is 1. The molecule has 394 valence electrons. The van der Waals surface area contributed by atoms with Crippen LogP contribution in [-0.4, -0.2) is 47.4 Å². The minimum Gasteiger partial charge on any atom is -0.466 e. The van der Waals surface area contributed by atoms with Crippen LogP contribution in [0, 0.1) is 0 Å². The number of nitrogens with one attached hydrogen (secondary N) is 1. The third kappa shape index (κ3) is 53.3. The lowest BCUT2D eigenvalue weighted by Gasteiger charge is -2.20. The third-order valence-electron chi connectivity index (χ3n) is 13.6. The van der Waals surface area contributed by atoms with Crippen LogP contribution in [0.2, 0.25) is 0 Å². The van der Waals surface area contributed by atoms with Gasteiger partial charge in [0.1, 0.15) is 0 Å². The van der Waals surface area contributed by atoms with Crippen molar-refractivity contribution in [1.82, 2.24) is 5.32 Å². The molecule has 6 nitrogen and oxygen atoms in total. The number of amides is 1. The highest BCUT2D eigenvalue weighted by molar-refractivity contribution is 5.76. The molecule has 0 radical (unpaired) electrons. The van der Waals surface area contributed by atoms with E-state index in [9.17, 15) is 19.8 Å². The van der Waals surface area contributed by atoms with Gasteiger partial charge in [0, 0.05) is 12.8 Å². The summed E-state index contributed by atoms with van der Waals surface area (Å²) in [5, 5.41) is 23.2. The first-order valence-electron chi connectivity index (χ1n) is 29.8. The van der Waals surface area contributed by atoms with Crippen molar-refractivity contribution in [2.24, 2.45) is 0 Å². The van der Waals surface area contributed by atoms with Crippen molar-refractivity contribution >= 4 is 11.9 Å². The van der Waals surface area contributed by atoms with Gasteiger partial charge in [-0.05, 0) is 57.8 Å². The molecule has 0 aliphatic heterocycles. The first kappa shape index (κ1) is 65.1. The molecule has 2 atom stereocenters. The van der Waals surface area contributed by atoms with Crippen molar-refractivity contribution in [2.45, 2.75) is 328 Å². The average Bonchev–Trinajstić information content (AvgIpc) is 3.33. The Hall–Kier alpha value is -1.92. The fourth-order valence-electron chi connectivity index (χ4n) is 9.08. The van der Waals surface area contributed by atoms with E-state index >= 15 is 0 Å². The van der Waals surface area contributed by atoms with Crippen molar-refractivity contribution in [3.05, 3.63) is 36.5 Å². The second-order valence-corrected chi connectivity index (χ2v) is 20.3. The molecule has 0 bridgehead atoms. The molecular formula is C61H115NO5. The summed E-state index contributed by atoms with van der Waals surface area (Å²) >= 11 is 0. The molecule has 2 unspecified atom stereocenters. The van der Waals surface area contributed by atoms with E-state index in [2.05, 4.69) is 43.5 Å². The Morgan fingerprint density at radius 3 is 1.19 bits per heavy atom. The maximum Gasteiger partial charge on any atom is 0.305 e. The van der Waals surface area contributed by atoms with Gasteiger partial charge >= 0.3 is 5.97 Å². The van der Waals surface area contributed by atoms with Gasteiger partial charge in [-0.25, -0.2) is 0 Å². The Morgan fingerprint density at radius 1 is 0.418 bits per heavy atom. The Morgan fingerprint density at radius 2 is 0.776 bits per heavy atom. The molecule has 0 fully saturated rings. The topological polar surface area (TPSA) is 95.9 Å². The van der Waals surface area contributed by atoms with Gasteiger partial charge in [0.2, 0.25) is 5.91 Å². The number of carbonyl (C=O) groups is 2. The van der Waals surface area contributed by atoms with E-state index in [4.69, 9.17) is 4.74 Å². The molecule has 0 aromatic heterocycles. The van der Waals surface area contributed by atoms with Crippen molar-refractivity contribution in [3.63, 3.8) is 0 Å². The minimum atomic E-state index is -0.855. The van der Waals surface area contributed by atoms with Crippen molar-refractivity contribution in [3.8, 4) is 0 Å². The summed E-state index contributed by atoms with van der Waals surface area (Å²) in [6.45, 7) is 4.82. The number of aliphatic hydroxyl groups is 2. The highest BCUT2D eigenvalue weighted by atomic mass is 16.5. The summed E-state index contributed by atoms with van der Waals surface area (Å²) in [7, 11) is 0. The molecule has 0 aromatic rings. The summed E-state index contributed by atoms with van der Waals surface area (Å²) in [6, 6.07) is -0.640. The Bertz CT molecular complexity index is 1090. The van der Waals surface area contributed by atoms with E-state index in [-0.39, 0.29) is 18.5 Å². The van der Waals surface area contributed by atoms with E-state index in [1.54, 1.807) is 6.08 Å². The predicted octanol–water partition coefficient (Wildman–Crippen LogP) is 18.4. The second-order valence-electron chi connectivity index (χ2n) is 20.3. The number of hydrogen-bond acceptors (Lipinski definition) is 5. The fourth-order valence-corrected chi connectivity index (χ4v) is 9.08. The molecule has 0 aromatic carbocycles. The largest absolute Gasteiger partial charge is 0.466 e. The van der Waals surface area contributed by atoms with Gasteiger partial charge in [-0.1, -0.05) is 281 Å². The van der Waals surface area contributed by atoms with Crippen LogP contribution in [0.4, 0.5) is 0 Å². The van der Waals surface area contributed by atoms with Crippen molar-refractivity contribution in [2.75, 3.05) is 13.2 Å². The molecule has 0 rings (SSSR count). The maximum absolute atomic E-state index is 12.5. The van der Waals surface area contributed by atoms with E-state index in [0.717, 1.165) is 70.6 Å². The first-order valence-corrected chi connectivity index (χ1v) is 29.8. The SMILES string of the molecule is CCC/C=C\C/C=C\CCCCCCCC(=O)OCCCCCCCCCCCCCCCC(=O)NC(CO)C(O)/C=C/CCCCCCCCCCCCCCCCCCCCCCCC. The molecule has 3 N–H and O–H groups in total. The number of ether oxygens (including phenoxy) is 1. The maximum atomic E-state index is 12.5. The predicted molar refractivity (Wildman–Crippen MR) is 292 cm³/mol. The van der Waals surface area contributed by atoms with Gasteiger partial charge < -0.3 is 20.3 Å². The zero-order valence-electron chi connectivity index (χ0n) is 44.9. The van der Waals surface area contributed by atoms with Crippen LogP contribution >= 0.6 is 0 Å².